The Morgan fingerprint density at radius 1 is 0.895 bits per heavy atom. The Morgan fingerprint density at radius 2 is 1.47 bits per heavy atom. The average molecular weight is 252 g/mol. The lowest BCUT2D eigenvalue weighted by Crippen LogP contribution is -2.34. The molecule has 1 aliphatic rings. The minimum Gasteiger partial charge on any atom is -0.340 e. The molecule has 2 nitrogen and oxygen atoms in total. The van der Waals surface area contributed by atoms with Crippen molar-refractivity contribution in [3.63, 3.8) is 0 Å². The molecule has 0 bridgehead atoms. The Labute approximate surface area is 115 Å². The molecule has 2 heteroatoms. The van der Waals surface area contributed by atoms with Crippen LogP contribution in [0.15, 0.2) is 60.7 Å². The zero-order valence-corrected chi connectivity index (χ0v) is 11.1. The van der Waals surface area contributed by atoms with E-state index in [0.29, 0.717) is 6.04 Å². The molecule has 0 radical (unpaired) electrons. The number of para-hydroxylation sites is 2. The molecule has 2 aromatic rings. The molecule has 1 N–H and O–H groups in total. The van der Waals surface area contributed by atoms with Crippen LogP contribution in [0.3, 0.4) is 0 Å². The minimum absolute atomic E-state index is 0.598. The summed E-state index contributed by atoms with van der Waals surface area (Å²) in [6.45, 7) is 2.19. The van der Waals surface area contributed by atoms with E-state index >= 15 is 0 Å². The highest BCUT2D eigenvalue weighted by Gasteiger charge is 2.19. The predicted molar refractivity (Wildman–Crippen MR) is 80.9 cm³/mol. The van der Waals surface area contributed by atoms with Gasteiger partial charge in [-0.3, -0.25) is 0 Å². The third-order valence-corrected chi connectivity index (χ3v) is 3.70. The molecule has 0 amide bonds. The molecule has 1 fully saturated rings. The van der Waals surface area contributed by atoms with Gasteiger partial charge in [0.1, 0.15) is 0 Å². The van der Waals surface area contributed by atoms with E-state index in [1.165, 1.54) is 24.2 Å². The van der Waals surface area contributed by atoms with E-state index in [4.69, 9.17) is 0 Å². The van der Waals surface area contributed by atoms with Gasteiger partial charge in [0.05, 0.1) is 0 Å². The second kappa shape index (κ2) is 5.89. The molecule has 0 spiro atoms. The second-order valence-electron chi connectivity index (χ2n) is 5.07. The van der Waals surface area contributed by atoms with Crippen molar-refractivity contribution < 1.29 is 0 Å². The SMILES string of the molecule is c1ccc(N(CC2CCCN2)c2ccccc2)cc1. The zero-order valence-electron chi connectivity index (χ0n) is 11.1. The molecule has 1 aliphatic heterocycles. The van der Waals surface area contributed by atoms with Crippen LogP contribution in [-0.4, -0.2) is 19.1 Å². The topological polar surface area (TPSA) is 15.3 Å². The first-order valence-electron chi connectivity index (χ1n) is 7.04. The summed E-state index contributed by atoms with van der Waals surface area (Å²) in [6, 6.07) is 21.9. The number of hydrogen-bond acceptors (Lipinski definition) is 2. The van der Waals surface area contributed by atoms with Gasteiger partial charge < -0.3 is 10.2 Å². The summed E-state index contributed by atoms with van der Waals surface area (Å²) in [5, 5.41) is 3.58. The molecule has 0 aliphatic carbocycles. The van der Waals surface area contributed by atoms with E-state index in [-0.39, 0.29) is 0 Å². The minimum atomic E-state index is 0.598. The number of hydrogen-bond donors (Lipinski definition) is 1. The van der Waals surface area contributed by atoms with Crippen molar-refractivity contribution in [2.75, 3.05) is 18.0 Å². The first-order valence-corrected chi connectivity index (χ1v) is 7.04. The highest BCUT2D eigenvalue weighted by atomic mass is 15.2. The van der Waals surface area contributed by atoms with Crippen molar-refractivity contribution in [2.24, 2.45) is 0 Å². The second-order valence-corrected chi connectivity index (χ2v) is 5.07. The van der Waals surface area contributed by atoms with Gasteiger partial charge >= 0.3 is 0 Å². The monoisotopic (exact) mass is 252 g/mol. The lowest BCUT2D eigenvalue weighted by Gasteiger charge is -2.28. The molecule has 1 heterocycles. The van der Waals surface area contributed by atoms with Crippen molar-refractivity contribution in [3.8, 4) is 0 Å². The third-order valence-electron chi connectivity index (χ3n) is 3.70. The largest absolute Gasteiger partial charge is 0.340 e. The van der Waals surface area contributed by atoms with Crippen LogP contribution in [0.4, 0.5) is 11.4 Å². The molecule has 1 unspecified atom stereocenters. The predicted octanol–water partition coefficient (Wildman–Crippen LogP) is 3.58. The fourth-order valence-corrected chi connectivity index (χ4v) is 2.71. The van der Waals surface area contributed by atoms with Crippen LogP contribution in [-0.2, 0) is 0 Å². The Balaban J connectivity index is 1.87. The first-order chi connectivity index (χ1) is 9.43. The van der Waals surface area contributed by atoms with Gasteiger partial charge in [0, 0.05) is 24.0 Å². The molecular weight excluding hydrogens is 232 g/mol. The van der Waals surface area contributed by atoms with Crippen LogP contribution in [0, 0.1) is 0 Å². The van der Waals surface area contributed by atoms with Gasteiger partial charge in [-0.15, -0.1) is 0 Å². The summed E-state index contributed by atoms with van der Waals surface area (Å²) in [5.74, 6) is 0. The number of anilines is 2. The summed E-state index contributed by atoms with van der Waals surface area (Å²) in [7, 11) is 0. The van der Waals surface area contributed by atoms with E-state index in [1.54, 1.807) is 0 Å². The van der Waals surface area contributed by atoms with Gasteiger partial charge in [0.15, 0.2) is 0 Å². The zero-order chi connectivity index (χ0) is 12.9. The highest BCUT2D eigenvalue weighted by Crippen LogP contribution is 2.26. The fourth-order valence-electron chi connectivity index (χ4n) is 2.71. The number of rotatable bonds is 4. The molecule has 1 atom stereocenters. The molecule has 0 aromatic heterocycles. The Kier molecular flexibility index (Phi) is 3.80. The summed E-state index contributed by atoms with van der Waals surface area (Å²) in [6.07, 6.45) is 2.57. The maximum absolute atomic E-state index is 3.58. The van der Waals surface area contributed by atoms with Crippen molar-refractivity contribution in [1.29, 1.82) is 0 Å². The Hall–Kier alpha value is -1.80. The average Bonchev–Trinajstić information content (AvgIpc) is 3.00. The third kappa shape index (κ3) is 2.96. The number of nitrogens with zero attached hydrogens (tertiary/aromatic N) is 1. The fraction of sp³-hybridized carbons (Fsp3) is 0.294. The molecule has 2 aromatic carbocycles. The van der Waals surface area contributed by atoms with Crippen LogP contribution < -0.4 is 10.2 Å². The lowest BCUT2D eigenvalue weighted by molar-refractivity contribution is 0.609. The molecular formula is C17H20N2. The molecule has 1 saturated heterocycles. The van der Waals surface area contributed by atoms with Crippen LogP contribution in [0.1, 0.15) is 12.8 Å². The summed E-state index contributed by atoms with van der Waals surface area (Å²) >= 11 is 0. The molecule has 98 valence electrons. The van der Waals surface area contributed by atoms with Gasteiger partial charge in [0.2, 0.25) is 0 Å². The van der Waals surface area contributed by atoms with Crippen LogP contribution in [0.5, 0.6) is 0 Å². The van der Waals surface area contributed by atoms with E-state index in [2.05, 4.69) is 70.9 Å². The maximum Gasteiger partial charge on any atom is 0.0411 e. The van der Waals surface area contributed by atoms with Gasteiger partial charge in [-0.2, -0.15) is 0 Å². The Morgan fingerprint density at radius 3 is 1.95 bits per heavy atom. The first kappa shape index (κ1) is 12.2. The summed E-state index contributed by atoms with van der Waals surface area (Å²) in [5.41, 5.74) is 2.53. The summed E-state index contributed by atoms with van der Waals surface area (Å²) < 4.78 is 0. The van der Waals surface area contributed by atoms with Crippen molar-refractivity contribution in [1.82, 2.24) is 5.32 Å². The molecule has 19 heavy (non-hydrogen) atoms. The Bertz CT molecular complexity index is 450. The van der Waals surface area contributed by atoms with E-state index < -0.39 is 0 Å². The normalized spacial score (nSPS) is 18.4. The van der Waals surface area contributed by atoms with E-state index in [9.17, 15) is 0 Å². The van der Waals surface area contributed by atoms with Gasteiger partial charge in [-0.25, -0.2) is 0 Å². The standard InChI is InChI=1S/C17H20N2/c1-3-9-16(10-4-1)19(14-15-8-7-13-18-15)17-11-5-2-6-12-17/h1-6,9-12,15,18H,7-8,13-14H2. The summed E-state index contributed by atoms with van der Waals surface area (Å²) in [4.78, 5) is 2.41. The van der Waals surface area contributed by atoms with Crippen LogP contribution in [0.25, 0.3) is 0 Å². The molecule has 0 saturated carbocycles. The van der Waals surface area contributed by atoms with E-state index in [0.717, 1.165) is 13.1 Å². The number of nitrogens with one attached hydrogen (secondary N) is 1. The van der Waals surface area contributed by atoms with Crippen LogP contribution >= 0.6 is 0 Å². The van der Waals surface area contributed by atoms with Crippen molar-refractivity contribution in [3.05, 3.63) is 60.7 Å². The van der Waals surface area contributed by atoms with Crippen LogP contribution in [0.2, 0.25) is 0 Å². The van der Waals surface area contributed by atoms with Gasteiger partial charge in [0.25, 0.3) is 0 Å². The van der Waals surface area contributed by atoms with Crippen molar-refractivity contribution in [2.45, 2.75) is 18.9 Å². The number of benzene rings is 2. The quantitative estimate of drug-likeness (QED) is 0.894. The highest BCUT2D eigenvalue weighted by molar-refractivity contribution is 5.63. The van der Waals surface area contributed by atoms with E-state index in [1.807, 2.05) is 0 Å². The lowest BCUT2D eigenvalue weighted by atomic mass is 10.1. The van der Waals surface area contributed by atoms with Crippen molar-refractivity contribution >= 4 is 11.4 Å². The van der Waals surface area contributed by atoms with Gasteiger partial charge in [-0.1, -0.05) is 36.4 Å². The smallest absolute Gasteiger partial charge is 0.0411 e. The van der Waals surface area contributed by atoms with Gasteiger partial charge in [-0.05, 0) is 43.7 Å². The maximum atomic E-state index is 3.58. The molecule has 3 rings (SSSR count).